The molecule has 0 bridgehead atoms. The molecular weight excluding hydrogens is 405 g/mol. The van der Waals surface area contributed by atoms with E-state index in [1.54, 1.807) is 4.90 Å². The summed E-state index contributed by atoms with van der Waals surface area (Å²) in [6.45, 7) is 3.16. The lowest BCUT2D eigenvalue weighted by Crippen LogP contribution is -2.47. The fourth-order valence-corrected chi connectivity index (χ4v) is 4.57. The number of hydrogen-bond donors (Lipinski definition) is 3. The van der Waals surface area contributed by atoms with Crippen LogP contribution >= 0.6 is 0 Å². The molecule has 0 radical (unpaired) electrons. The smallest absolute Gasteiger partial charge is 0.321 e. The number of carboxylic acid groups (broad SMARTS) is 2. The Kier molecular flexibility index (Phi) is 7.84. The molecule has 31 heavy (non-hydrogen) atoms. The number of nitrogens with one attached hydrogen (secondary N) is 1. The molecule has 170 valence electrons. The molecule has 3 N–H and O–H groups in total. The monoisotopic (exact) mass is 435 g/mol. The van der Waals surface area contributed by atoms with Gasteiger partial charge in [-0.3, -0.25) is 9.59 Å². The summed E-state index contributed by atoms with van der Waals surface area (Å²) in [6, 6.07) is 5.30. The van der Waals surface area contributed by atoms with Gasteiger partial charge in [-0.15, -0.1) is 0 Å². The van der Waals surface area contributed by atoms with Gasteiger partial charge in [0, 0.05) is 25.2 Å². The first kappa shape index (κ1) is 23.0. The third-order valence-electron chi connectivity index (χ3n) is 6.46. The van der Waals surface area contributed by atoms with E-state index in [4.69, 9.17) is 5.11 Å². The Bertz CT molecular complexity index is 780. The van der Waals surface area contributed by atoms with E-state index < -0.39 is 11.9 Å². The Hall–Kier alpha value is -2.68. The molecule has 2 fully saturated rings. The van der Waals surface area contributed by atoms with Crippen LogP contribution in [0.4, 0.5) is 14.9 Å². The van der Waals surface area contributed by atoms with Crippen LogP contribution in [0.1, 0.15) is 32.1 Å². The second kappa shape index (κ2) is 10.6. The van der Waals surface area contributed by atoms with Gasteiger partial charge in [-0.05, 0) is 81.4 Å². The number of likely N-dealkylation sites (tertiary alicyclic amines) is 2. The molecule has 0 aromatic heterocycles. The van der Waals surface area contributed by atoms with Gasteiger partial charge in [-0.2, -0.15) is 0 Å². The van der Waals surface area contributed by atoms with E-state index in [-0.39, 0.29) is 36.0 Å². The molecule has 2 unspecified atom stereocenters. The minimum atomic E-state index is -0.832. The highest BCUT2D eigenvalue weighted by molar-refractivity contribution is 5.89. The lowest BCUT2D eigenvalue weighted by atomic mass is 9.81. The van der Waals surface area contributed by atoms with Crippen LogP contribution in [0.5, 0.6) is 0 Å². The Morgan fingerprint density at radius 3 is 2.29 bits per heavy atom. The van der Waals surface area contributed by atoms with Crippen molar-refractivity contribution in [3.8, 4) is 0 Å². The van der Waals surface area contributed by atoms with Gasteiger partial charge in [-0.25, -0.2) is 9.18 Å². The number of hydrogen-bond acceptors (Lipinski definition) is 4. The first-order valence-corrected chi connectivity index (χ1v) is 10.8. The molecule has 2 aliphatic rings. The molecule has 0 saturated carbocycles. The van der Waals surface area contributed by atoms with E-state index in [9.17, 15) is 23.9 Å². The van der Waals surface area contributed by atoms with Crippen molar-refractivity contribution in [2.24, 2.45) is 17.8 Å². The molecule has 3 rings (SSSR count). The molecule has 2 heterocycles. The summed E-state index contributed by atoms with van der Waals surface area (Å²) in [6.07, 6.45) is 2.72. The fourth-order valence-electron chi connectivity index (χ4n) is 4.57. The van der Waals surface area contributed by atoms with E-state index in [0.717, 1.165) is 26.1 Å². The molecule has 0 aliphatic carbocycles. The Labute approximate surface area is 181 Å². The van der Waals surface area contributed by atoms with Gasteiger partial charge in [0.25, 0.3) is 0 Å². The first-order valence-electron chi connectivity index (χ1n) is 10.8. The number of benzene rings is 1. The molecule has 8 nitrogen and oxygen atoms in total. The van der Waals surface area contributed by atoms with Crippen molar-refractivity contribution in [1.29, 1.82) is 0 Å². The van der Waals surface area contributed by atoms with Gasteiger partial charge in [0.2, 0.25) is 0 Å². The predicted molar refractivity (Wildman–Crippen MR) is 112 cm³/mol. The molecule has 9 heteroatoms. The van der Waals surface area contributed by atoms with Crippen LogP contribution in [0.25, 0.3) is 0 Å². The fraction of sp³-hybridized carbons (Fsp3) is 0.591. The molecule has 0 spiro atoms. The van der Waals surface area contributed by atoms with Gasteiger partial charge in [-0.1, -0.05) is 0 Å². The number of amides is 2. The van der Waals surface area contributed by atoms with Crippen LogP contribution in [0.3, 0.4) is 0 Å². The van der Waals surface area contributed by atoms with Crippen molar-refractivity contribution >= 4 is 23.7 Å². The van der Waals surface area contributed by atoms with E-state index >= 15 is 0 Å². The Morgan fingerprint density at radius 2 is 1.68 bits per heavy atom. The molecule has 1 aromatic rings. The number of carbonyl (C=O) groups is 3. The average Bonchev–Trinajstić information content (AvgIpc) is 2.74. The maximum Gasteiger partial charge on any atom is 0.321 e. The summed E-state index contributed by atoms with van der Waals surface area (Å²) in [4.78, 5) is 39.0. The third-order valence-corrected chi connectivity index (χ3v) is 6.46. The molecule has 1 aromatic carbocycles. The topological polar surface area (TPSA) is 110 Å². The van der Waals surface area contributed by atoms with Gasteiger partial charge in [0.05, 0.1) is 5.92 Å². The second-order valence-corrected chi connectivity index (χ2v) is 8.53. The maximum absolute atomic E-state index is 13.1. The van der Waals surface area contributed by atoms with Gasteiger partial charge >= 0.3 is 18.0 Å². The van der Waals surface area contributed by atoms with Crippen LogP contribution in [-0.4, -0.2) is 70.7 Å². The number of piperidine rings is 2. The van der Waals surface area contributed by atoms with Crippen molar-refractivity contribution in [1.82, 2.24) is 9.80 Å². The van der Waals surface area contributed by atoms with Crippen molar-refractivity contribution < 1.29 is 29.0 Å². The summed E-state index contributed by atoms with van der Waals surface area (Å²) in [5.74, 6) is -2.17. The summed E-state index contributed by atoms with van der Waals surface area (Å²) in [5, 5.41) is 21.2. The van der Waals surface area contributed by atoms with E-state index in [0.29, 0.717) is 38.0 Å². The molecule has 2 amide bonds. The van der Waals surface area contributed by atoms with Gasteiger partial charge < -0.3 is 25.3 Å². The van der Waals surface area contributed by atoms with Crippen molar-refractivity contribution in [2.75, 3.05) is 38.0 Å². The first-order chi connectivity index (χ1) is 14.8. The number of carboxylic acids is 2. The highest BCUT2D eigenvalue weighted by Gasteiger charge is 2.33. The SMILES string of the molecule is O=C(O)CC1CCN(C(=O)Nc2ccc(F)cc2)CC1CCN1CCC(C(=O)O)CC1. The summed E-state index contributed by atoms with van der Waals surface area (Å²) >= 11 is 0. The lowest BCUT2D eigenvalue weighted by molar-refractivity contribution is -0.143. The minimum absolute atomic E-state index is 0.00364. The van der Waals surface area contributed by atoms with Gasteiger partial charge in [0.1, 0.15) is 5.82 Å². The summed E-state index contributed by atoms with van der Waals surface area (Å²) < 4.78 is 13.1. The van der Waals surface area contributed by atoms with Crippen LogP contribution in [0.15, 0.2) is 24.3 Å². The van der Waals surface area contributed by atoms with E-state index in [1.807, 2.05) is 0 Å². The zero-order valence-electron chi connectivity index (χ0n) is 17.5. The highest BCUT2D eigenvalue weighted by Crippen LogP contribution is 2.30. The molecule has 2 aliphatic heterocycles. The van der Waals surface area contributed by atoms with Crippen molar-refractivity contribution in [3.05, 3.63) is 30.1 Å². The minimum Gasteiger partial charge on any atom is -0.481 e. The largest absolute Gasteiger partial charge is 0.481 e. The van der Waals surface area contributed by atoms with Crippen molar-refractivity contribution in [3.63, 3.8) is 0 Å². The number of carbonyl (C=O) groups excluding carboxylic acids is 1. The van der Waals surface area contributed by atoms with Crippen LogP contribution in [0.2, 0.25) is 0 Å². The number of aliphatic carboxylic acids is 2. The van der Waals surface area contributed by atoms with Crippen LogP contribution < -0.4 is 5.32 Å². The number of rotatable bonds is 7. The predicted octanol–water partition coefficient (Wildman–Crippen LogP) is 2.96. The zero-order valence-corrected chi connectivity index (χ0v) is 17.5. The average molecular weight is 435 g/mol. The van der Waals surface area contributed by atoms with E-state index in [2.05, 4.69) is 10.2 Å². The van der Waals surface area contributed by atoms with E-state index in [1.165, 1.54) is 24.3 Å². The summed E-state index contributed by atoms with van der Waals surface area (Å²) in [7, 11) is 0. The molecule has 2 atom stereocenters. The third kappa shape index (κ3) is 6.65. The second-order valence-electron chi connectivity index (χ2n) is 8.53. The Morgan fingerprint density at radius 1 is 1.00 bits per heavy atom. The zero-order chi connectivity index (χ0) is 22.4. The standard InChI is InChI=1S/C22H30FN3O5/c23-18-1-3-19(4-2-18)24-22(31)26-12-8-16(13-20(27)28)17(14-26)7-11-25-9-5-15(6-10-25)21(29)30/h1-4,15-17H,5-14H2,(H,24,31)(H,27,28)(H,29,30). The number of halogens is 1. The van der Waals surface area contributed by atoms with Crippen LogP contribution in [-0.2, 0) is 9.59 Å². The number of urea groups is 1. The normalized spacial score (nSPS) is 22.8. The maximum atomic E-state index is 13.1. The number of nitrogens with zero attached hydrogens (tertiary/aromatic N) is 2. The molecular formula is C22H30FN3O5. The quantitative estimate of drug-likeness (QED) is 0.607. The molecule has 2 saturated heterocycles. The lowest BCUT2D eigenvalue weighted by Gasteiger charge is -2.39. The highest BCUT2D eigenvalue weighted by atomic mass is 19.1. The van der Waals surface area contributed by atoms with Crippen LogP contribution in [0, 0.1) is 23.6 Å². The van der Waals surface area contributed by atoms with Crippen molar-refractivity contribution in [2.45, 2.75) is 32.1 Å². The summed E-state index contributed by atoms with van der Waals surface area (Å²) in [5.41, 5.74) is 0.511. The van der Waals surface area contributed by atoms with Gasteiger partial charge in [0.15, 0.2) is 0 Å². The Balaban J connectivity index is 1.55. The number of anilines is 1.